The van der Waals surface area contributed by atoms with Crippen molar-refractivity contribution >= 4 is 73.9 Å². The second-order valence-corrected chi connectivity index (χ2v) is 16.5. The Bertz CT molecular complexity index is 2540. The lowest BCUT2D eigenvalue weighted by molar-refractivity contribution is -0.131. The number of ketones is 1. The Labute approximate surface area is 319 Å². The Kier molecular flexibility index (Phi) is 7.68. The molecule has 2 aliphatic heterocycles. The van der Waals surface area contributed by atoms with Gasteiger partial charge in [0.1, 0.15) is 17.3 Å². The number of aryl methyl sites for hydroxylation is 2. The van der Waals surface area contributed by atoms with Gasteiger partial charge in [0.15, 0.2) is 5.78 Å². The molecule has 12 heteroatoms. The molecule has 0 spiro atoms. The first kappa shape index (κ1) is 34.4. The van der Waals surface area contributed by atoms with E-state index in [-0.39, 0.29) is 36.2 Å². The van der Waals surface area contributed by atoms with E-state index in [2.05, 4.69) is 0 Å². The smallest absolute Gasteiger partial charge is 0.242 e. The number of hydrogen-bond donors (Lipinski definition) is 1. The van der Waals surface area contributed by atoms with Gasteiger partial charge in [0.25, 0.3) is 0 Å². The van der Waals surface area contributed by atoms with Crippen molar-refractivity contribution in [3.63, 3.8) is 0 Å². The first-order valence-corrected chi connectivity index (χ1v) is 19.1. The van der Waals surface area contributed by atoms with Gasteiger partial charge in [-0.15, -0.1) is 11.3 Å². The lowest BCUT2D eigenvalue weighted by Crippen LogP contribution is -2.49. The highest BCUT2D eigenvalue weighted by molar-refractivity contribution is 7.22. The molecule has 0 radical (unpaired) electrons. The number of phenols is 1. The van der Waals surface area contributed by atoms with E-state index in [1.165, 1.54) is 16.7 Å². The van der Waals surface area contributed by atoms with Crippen LogP contribution in [0.25, 0.3) is 20.7 Å². The normalized spacial score (nSPS) is 26.3. The van der Waals surface area contributed by atoms with Crippen LogP contribution >= 0.6 is 22.9 Å². The van der Waals surface area contributed by atoms with Crippen molar-refractivity contribution in [3.05, 3.63) is 106 Å². The average Bonchev–Trinajstić information content (AvgIpc) is 3.82. The summed E-state index contributed by atoms with van der Waals surface area (Å²) in [5.74, 6) is -4.95. The molecule has 4 heterocycles. The number of imide groups is 2. The van der Waals surface area contributed by atoms with Crippen LogP contribution in [0, 0.1) is 36.0 Å². The van der Waals surface area contributed by atoms with E-state index in [0.29, 0.717) is 33.3 Å². The second-order valence-electron chi connectivity index (χ2n) is 15.0. The number of anilines is 2. The molecule has 2 saturated heterocycles. The quantitative estimate of drug-likeness (QED) is 0.111. The van der Waals surface area contributed by atoms with Crippen molar-refractivity contribution in [2.75, 3.05) is 9.80 Å². The summed E-state index contributed by atoms with van der Waals surface area (Å²) in [6.07, 6.45) is 2.40. The van der Waals surface area contributed by atoms with Gasteiger partial charge in [-0.1, -0.05) is 41.4 Å². The number of amides is 4. The van der Waals surface area contributed by atoms with Crippen LogP contribution in [0.5, 0.6) is 5.75 Å². The summed E-state index contributed by atoms with van der Waals surface area (Å²) >= 11 is 7.86. The van der Waals surface area contributed by atoms with Crippen LogP contribution in [0.2, 0.25) is 5.02 Å². The third-order valence-corrected chi connectivity index (χ3v) is 13.8. The fourth-order valence-electron chi connectivity index (χ4n) is 9.62. The molecule has 0 bridgehead atoms. The van der Waals surface area contributed by atoms with E-state index in [9.17, 15) is 24.3 Å². The number of phenolic OH excluding ortho intramolecular Hbond substituents is 1. The molecule has 0 unspecified atom stereocenters. The molecule has 3 fully saturated rings. The second kappa shape index (κ2) is 12.1. The number of thiophene rings is 1. The van der Waals surface area contributed by atoms with Crippen LogP contribution in [0.1, 0.15) is 54.1 Å². The van der Waals surface area contributed by atoms with Crippen LogP contribution in [0.15, 0.2) is 84.4 Å². The Morgan fingerprint density at radius 1 is 0.944 bits per heavy atom. The van der Waals surface area contributed by atoms with Gasteiger partial charge in [0.2, 0.25) is 23.6 Å². The summed E-state index contributed by atoms with van der Waals surface area (Å²) in [6.45, 7) is 5.24. The first-order chi connectivity index (χ1) is 25.8. The van der Waals surface area contributed by atoms with E-state index < -0.39 is 46.8 Å². The molecule has 272 valence electrons. The van der Waals surface area contributed by atoms with Crippen LogP contribution < -0.4 is 9.80 Å². The number of halogens is 1. The molecule has 5 aromatic rings. The van der Waals surface area contributed by atoms with E-state index in [1.54, 1.807) is 84.6 Å². The number of nitrogens with zero attached hydrogens (tertiary/aromatic N) is 4. The minimum atomic E-state index is -1.33. The van der Waals surface area contributed by atoms with Crippen molar-refractivity contribution in [2.45, 2.75) is 39.5 Å². The minimum Gasteiger partial charge on any atom is -0.508 e. The number of benzene rings is 3. The summed E-state index contributed by atoms with van der Waals surface area (Å²) in [4.78, 5) is 73.5. The Morgan fingerprint density at radius 2 is 1.69 bits per heavy atom. The largest absolute Gasteiger partial charge is 0.508 e. The zero-order chi connectivity index (χ0) is 38.0. The molecule has 9 rings (SSSR count). The summed E-state index contributed by atoms with van der Waals surface area (Å²) < 4.78 is 2.59. The number of aromatic nitrogens is 2. The van der Waals surface area contributed by atoms with Crippen molar-refractivity contribution in [3.8, 4) is 16.3 Å². The number of rotatable bonds is 5. The summed E-state index contributed by atoms with van der Waals surface area (Å²) in [5.41, 5.74) is 2.40. The van der Waals surface area contributed by atoms with Crippen LogP contribution in [-0.4, -0.2) is 44.3 Å². The third-order valence-electron chi connectivity index (χ3n) is 12.3. The standard InChI is InChI=1S/C42H35ClN4O6S/c1-20-28-17-23(43)11-16-33(28)54-37(20)31-19-34(45(4)44-31)47-39(51)30-18-29-25(36(42(30,3)41(47)53)26-7-5-6-8-32(26)49)14-15-27-35(29)40(52)46(38(27)50)24-12-9-22(10-13-24)21(2)48/h5-14,16-17,19,27,29-30,35-36,49H,15,18H2,1-4H3/t27-,29+,30-,35-,36+,42+/m0/s1. The summed E-state index contributed by atoms with van der Waals surface area (Å²) in [5, 5.41) is 17.7. The molecule has 10 nitrogen and oxygen atoms in total. The van der Waals surface area contributed by atoms with Crippen molar-refractivity contribution < 1.29 is 29.1 Å². The van der Waals surface area contributed by atoms with Crippen molar-refractivity contribution in [1.29, 1.82) is 0 Å². The van der Waals surface area contributed by atoms with Crippen LogP contribution in [0.3, 0.4) is 0 Å². The highest BCUT2D eigenvalue weighted by Crippen LogP contribution is 2.64. The monoisotopic (exact) mass is 758 g/mol. The van der Waals surface area contributed by atoms with Crippen LogP contribution in [-0.2, 0) is 26.2 Å². The predicted molar refractivity (Wildman–Crippen MR) is 205 cm³/mol. The summed E-state index contributed by atoms with van der Waals surface area (Å²) in [6, 6.07) is 20.7. The number of carbonyl (C=O) groups excluding carboxylic acids is 5. The number of allylic oxidation sites excluding steroid dienone is 2. The maximum Gasteiger partial charge on any atom is 0.242 e. The molecule has 3 aromatic carbocycles. The minimum absolute atomic E-state index is 0.0194. The predicted octanol–water partition coefficient (Wildman–Crippen LogP) is 7.61. The molecule has 4 amide bonds. The Balaban J connectivity index is 1.13. The van der Waals surface area contributed by atoms with E-state index >= 15 is 4.79 Å². The summed E-state index contributed by atoms with van der Waals surface area (Å²) in [7, 11) is 1.71. The van der Waals surface area contributed by atoms with Gasteiger partial charge >= 0.3 is 0 Å². The number of hydrogen-bond acceptors (Lipinski definition) is 8. The maximum atomic E-state index is 15.0. The zero-order valence-electron chi connectivity index (χ0n) is 29.9. The van der Waals surface area contributed by atoms with Gasteiger partial charge in [-0.3, -0.25) is 33.6 Å². The van der Waals surface area contributed by atoms with Gasteiger partial charge < -0.3 is 5.11 Å². The van der Waals surface area contributed by atoms with Gasteiger partial charge in [0, 0.05) is 39.9 Å². The van der Waals surface area contributed by atoms with E-state index in [4.69, 9.17) is 16.7 Å². The lowest BCUT2D eigenvalue weighted by Gasteiger charge is -2.49. The third kappa shape index (κ3) is 4.70. The van der Waals surface area contributed by atoms with Gasteiger partial charge in [-0.05, 0) is 99.0 Å². The Morgan fingerprint density at radius 3 is 2.41 bits per heavy atom. The van der Waals surface area contributed by atoms with E-state index in [1.807, 2.05) is 31.2 Å². The number of Topliss-reactive ketones (excluding diaryl/α,β-unsaturated/α-hetero) is 1. The van der Waals surface area contributed by atoms with Crippen molar-refractivity contribution in [1.82, 2.24) is 9.78 Å². The van der Waals surface area contributed by atoms with Crippen molar-refractivity contribution in [2.24, 2.45) is 36.1 Å². The molecular formula is C42H35ClN4O6S. The fraction of sp³-hybridized carbons (Fsp3) is 0.286. The van der Waals surface area contributed by atoms with Gasteiger partial charge in [0.05, 0.1) is 33.7 Å². The van der Waals surface area contributed by atoms with Gasteiger partial charge in [-0.25, -0.2) is 4.90 Å². The topological polar surface area (TPSA) is 130 Å². The molecule has 4 aliphatic rings. The number of para-hydroxylation sites is 1. The SMILES string of the molecule is CC(=O)c1ccc(N2C(=O)[C@H]3[C@H](CC=C4[C@H]3C[C@H]3C(=O)N(c5cc(-c6sc7ccc(Cl)cc7c6C)nn5C)C(=O)[C@@]3(C)[C@H]4c3ccccc3O)C2=O)cc1. The maximum absolute atomic E-state index is 15.0. The number of aromatic hydroxyl groups is 1. The highest BCUT2D eigenvalue weighted by Gasteiger charge is 2.68. The molecular weight excluding hydrogens is 724 g/mol. The number of carbonyl (C=O) groups is 5. The first-order valence-electron chi connectivity index (χ1n) is 17.9. The van der Waals surface area contributed by atoms with Gasteiger partial charge in [-0.2, -0.15) is 5.10 Å². The molecule has 6 atom stereocenters. The molecule has 2 aromatic heterocycles. The zero-order valence-corrected chi connectivity index (χ0v) is 31.4. The Hall–Kier alpha value is -5.39. The van der Waals surface area contributed by atoms with Crippen LogP contribution in [0.4, 0.5) is 11.5 Å². The number of fused-ring (bicyclic) bond motifs is 5. The van der Waals surface area contributed by atoms with E-state index in [0.717, 1.165) is 26.1 Å². The average molecular weight is 759 g/mol. The molecule has 54 heavy (non-hydrogen) atoms. The lowest BCUT2D eigenvalue weighted by atomic mass is 9.51. The fourth-order valence-corrected chi connectivity index (χ4v) is 10.9. The molecule has 1 saturated carbocycles. The molecule has 2 aliphatic carbocycles. The molecule has 1 N–H and O–H groups in total. The highest BCUT2D eigenvalue weighted by atomic mass is 35.5.